The predicted octanol–water partition coefficient (Wildman–Crippen LogP) is 6.18. The summed E-state index contributed by atoms with van der Waals surface area (Å²) in [5.74, 6) is 1.71. The summed E-state index contributed by atoms with van der Waals surface area (Å²) in [5, 5.41) is 12.7. The Kier molecular flexibility index (Phi) is 6.84. The van der Waals surface area contributed by atoms with Crippen LogP contribution in [0.3, 0.4) is 0 Å². The van der Waals surface area contributed by atoms with Gasteiger partial charge in [0.1, 0.15) is 34.2 Å². The molecule has 0 aromatic heterocycles. The molecule has 1 saturated heterocycles. The van der Waals surface area contributed by atoms with Crippen LogP contribution in [0.5, 0.6) is 17.2 Å². The molecule has 0 aliphatic carbocycles. The zero-order valence-corrected chi connectivity index (χ0v) is 23.1. The summed E-state index contributed by atoms with van der Waals surface area (Å²) in [7, 11) is 0. The summed E-state index contributed by atoms with van der Waals surface area (Å²) in [6.07, 6.45) is 3.16. The van der Waals surface area contributed by atoms with Crippen LogP contribution in [-0.2, 0) is 17.6 Å². The number of thioether (sulfide) groups is 1. The average Bonchev–Trinajstić information content (AvgIpc) is 3.02. The quantitative estimate of drug-likeness (QED) is 0.482. The lowest BCUT2D eigenvalue weighted by atomic mass is 9.69. The maximum absolute atomic E-state index is 12.2. The molecule has 2 aliphatic rings. The number of benzene rings is 2. The fourth-order valence-corrected chi connectivity index (χ4v) is 6.24. The highest BCUT2D eigenvalue weighted by Crippen LogP contribution is 2.50. The molecule has 0 bridgehead atoms. The van der Waals surface area contributed by atoms with E-state index in [0.29, 0.717) is 18.8 Å². The number of aromatic hydroxyl groups is 1. The summed E-state index contributed by atoms with van der Waals surface area (Å²) in [5.41, 5.74) is 4.06. The first-order valence-electron chi connectivity index (χ1n) is 12.6. The number of amides is 2. The molecule has 36 heavy (non-hydrogen) atoms. The van der Waals surface area contributed by atoms with Gasteiger partial charge in [-0.05, 0) is 106 Å². The van der Waals surface area contributed by atoms with Crippen LogP contribution in [0.25, 0.3) is 0 Å². The number of rotatable bonds is 6. The van der Waals surface area contributed by atoms with Gasteiger partial charge in [0.25, 0.3) is 5.24 Å². The number of nitrogens with one attached hydrogen (secondary N) is 1. The molecule has 2 aliphatic heterocycles. The Morgan fingerprint density at radius 2 is 1.72 bits per heavy atom. The molecule has 4 rings (SSSR count). The van der Waals surface area contributed by atoms with E-state index in [0.717, 1.165) is 70.3 Å². The Hall–Kier alpha value is -2.67. The monoisotopic (exact) mass is 511 g/mol. The number of hydrogen-bond donors (Lipinski definition) is 2. The Bertz CT molecular complexity index is 1210. The minimum Gasteiger partial charge on any atom is -0.507 e. The van der Waals surface area contributed by atoms with E-state index in [1.165, 1.54) is 0 Å². The zero-order chi connectivity index (χ0) is 26.5. The van der Waals surface area contributed by atoms with E-state index in [-0.39, 0.29) is 16.6 Å². The summed E-state index contributed by atoms with van der Waals surface area (Å²) in [6.45, 7) is 14.7. The zero-order valence-electron chi connectivity index (χ0n) is 22.3. The first-order chi connectivity index (χ1) is 16.8. The molecule has 2 amide bonds. The van der Waals surface area contributed by atoms with E-state index in [2.05, 4.69) is 26.1 Å². The topological polar surface area (TPSA) is 84.9 Å². The highest BCUT2D eigenvalue weighted by atomic mass is 32.2. The molecule has 0 saturated carbocycles. The molecule has 0 spiro atoms. The highest BCUT2D eigenvalue weighted by molar-refractivity contribution is 8.16. The molecule has 2 N–H and O–H groups in total. The summed E-state index contributed by atoms with van der Waals surface area (Å²) in [6, 6.07) is 7.71. The maximum Gasteiger partial charge on any atom is 0.286 e. The Labute approximate surface area is 218 Å². The van der Waals surface area contributed by atoms with Crippen molar-refractivity contribution in [1.29, 1.82) is 0 Å². The van der Waals surface area contributed by atoms with Gasteiger partial charge in [0.2, 0.25) is 5.91 Å². The standard InChI is InChI=1S/C29H37NO5S/c1-8-27(5)14-13-22-19(4)23(31)17(2)18(3)24(22)35-29(27,7)16-34-21-11-9-20(10-12-21)15-28(6)25(32)30-26(33)36-28/h9-12,31H,8,13-16H2,1-7H3,(H,30,32,33)/t27-,28?,29?/m0/s1. The van der Waals surface area contributed by atoms with Gasteiger partial charge in [0.05, 0.1) is 0 Å². The average molecular weight is 512 g/mol. The molecule has 3 atom stereocenters. The summed E-state index contributed by atoms with van der Waals surface area (Å²) >= 11 is 1.04. The van der Waals surface area contributed by atoms with E-state index in [1.807, 2.05) is 45.0 Å². The number of phenolic OH excluding ortho intramolecular Hbond substituents is 1. The van der Waals surface area contributed by atoms with Crippen LogP contribution in [0, 0.1) is 26.2 Å². The third kappa shape index (κ3) is 4.47. The van der Waals surface area contributed by atoms with Crippen molar-refractivity contribution >= 4 is 22.9 Å². The second-order valence-electron chi connectivity index (χ2n) is 11.0. The van der Waals surface area contributed by atoms with Crippen molar-refractivity contribution in [2.24, 2.45) is 5.41 Å². The van der Waals surface area contributed by atoms with Crippen molar-refractivity contribution in [2.75, 3.05) is 6.61 Å². The van der Waals surface area contributed by atoms with E-state index in [4.69, 9.17) is 9.47 Å². The molecule has 2 unspecified atom stereocenters. The van der Waals surface area contributed by atoms with Crippen molar-refractivity contribution in [3.63, 3.8) is 0 Å². The van der Waals surface area contributed by atoms with Crippen molar-refractivity contribution in [3.8, 4) is 17.2 Å². The van der Waals surface area contributed by atoms with Gasteiger partial charge < -0.3 is 14.6 Å². The smallest absolute Gasteiger partial charge is 0.286 e. The molecule has 2 heterocycles. The lowest BCUT2D eigenvalue weighted by molar-refractivity contribution is -0.121. The Balaban J connectivity index is 1.55. The minimum absolute atomic E-state index is 0.136. The van der Waals surface area contributed by atoms with Gasteiger partial charge in [-0.3, -0.25) is 14.9 Å². The first kappa shape index (κ1) is 26.4. The maximum atomic E-state index is 12.2. The lowest BCUT2D eigenvalue weighted by Crippen LogP contribution is -2.52. The third-order valence-corrected chi connectivity index (χ3v) is 9.71. The predicted molar refractivity (Wildman–Crippen MR) is 143 cm³/mol. The lowest BCUT2D eigenvalue weighted by Gasteiger charge is -2.44. The Morgan fingerprint density at radius 1 is 1.06 bits per heavy atom. The normalized spacial score (nSPS) is 27.8. The first-order valence-corrected chi connectivity index (χ1v) is 13.4. The second kappa shape index (κ2) is 9.33. The number of carbonyl (C=O) groups is 2. The molecular weight excluding hydrogens is 474 g/mol. The van der Waals surface area contributed by atoms with E-state index in [9.17, 15) is 14.7 Å². The van der Waals surface area contributed by atoms with Crippen LogP contribution in [0.15, 0.2) is 24.3 Å². The molecule has 2 aromatic carbocycles. The molecular formula is C29H37NO5S. The van der Waals surface area contributed by atoms with Gasteiger partial charge in [0.15, 0.2) is 0 Å². The fraction of sp³-hybridized carbons (Fsp3) is 0.517. The highest BCUT2D eigenvalue weighted by Gasteiger charge is 2.49. The van der Waals surface area contributed by atoms with Gasteiger partial charge in [-0.25, -0.2) is 0 Å². The fourth-order valence-electron chi connectivity index (χ4n) is 5.31. The van der Waals surface area contributed by atoms with Crippen LogP contribution in [0.4, 0.5) is 4.79 Å². The summed E-state index contributed by atoms with van der Waals surface area (Å²) in [4.78, 5) is 23.8. The molecule has 7 heteroatoms. The van der Waals surface area contributed by atoms with Crippen LogP contribution in [0.2, 0.25) is 0 Å². The second-order valence-corrected chi connectivity index (χ2v) is 12.4. The number of imide groups is 1. The SMILES string of the molecule is CC[C@@]1(C)CCc2c(C)c(O)c(C)c(C)c2OC1(C)COc1ccc(CC2(C)SC(=O)NC2=O)cc1. The number of ether oxygens (including phenoxy) is 2. The van der Waals surface area contributed by atoms with Crippen molar-refractivity contribution in [2.45, 2.75) is 84.5 Å². The van der Waals surface area contributed by atoms with Gasteiger partial charge in [-0.1, -0.05) is 26.0 Å². The number of carbonyl (C=O) groups excluding carboxylic acids is 2. The van der Waals surface area contributed by atoms with Crippen molar-refractivity contribution < 1.29 is 24.2 Å². The van der Waals surface area contributed by atoms with Crippen LogP contribution in [0.1, 0.15) is 68.4 Å². The van der Waals surface area contributed by atoms with Crippen LogP contribution in [-0.4, -0.2) is 33.2 Å². The number of fused-ring (bicyclic) bond motifs is 1. The van der Waals surface area contributed by atoms with E-state index in [1.54, 1.807) is 6.92 Å². The largest absolute Gasteiger partial charge is 0.507 e. The van der Waals surface area contributed by atoms with E-state index < -0.39 is 10.3 Å². The van der Waals surface area contributed by atoms with Crippen molar-refractivity contribution in [1.82, 2.24) is 5.32 Å². The summed E-state index contributed by atoms with van der Waals surface area (Å²) < 4.78 is 12.4. The molecule has 6 nitrogen and oxygen atoms in total. The molecule has 194 valence electrons. The molecule has 1 fully saturated rings. The van der Waals surface area contributed by atoms with Gasteiger partial charge >= 0.3 is 0 Å². The van der Waals surface area contributed by atoms with Gasteiger partial charge in [-0.15, -0.1) is 0 Å². The van der Waals surface area contributed by atoms with Crippen LogP contribution >= 0.6 is 11.8 Å². The molecule has 0 radical (unpaired) electrons. The number of hydrogen-bond acceptors (Lipinski definition) is 6. The van der Waals surface area contributed by atoms with Gasteiger partial charge in [-0.2, -0.15) is 0 Å². The molecule has 2 aromatic rings. The van der Waals surface area contributed by atoms with Crippen LogP contribution < -0.4 is 14.8 Å². The van der Waals surface area contributed by atoms with Gasteiger partial charge in [0, 0.05) is 11.0 Å². The third-order valence-electron chi connectivity index (χ3n) is 8.64. The Morgan fingerprint density at radius 3 is 2.31 bits per heavy atom. The van der Waals surface area contributed by atoms with Crippen molar-refractivity contribution in [3.05, 3.63) is 52.1 Å². The van der Waals surface area contributed by atoms with E-state index >= 15 is 0 Å². The minimum atomic E-state index is -0.792. The number of phenols is 1.